The number of nitrogens with one attached hydrogen (secondary N) is 2. The zero-order valence-corrected chi connectivity index (χ0v) is 21.4. The van der Waals surface area contributed by atoms with Crippen molar-refractivity contribution in [3.05, 3.63) is 35.3 Å². The Morgan fingerprint density at radius 3 is 2.71 bits per heavy atom. The quantitative estimate of drug-likeness (QED) is 0.199. The Bertz CT molecular complexity index is 779. The van der Waals surface area contributed by atoms with Crippen LogP contribution in [0.3, 0.4) is 0 Å². The molecule has 172 valence electrons. The number of benzene rings is 1. The number of aromatic nitrogens is 1. The van der Waals surface area contributed by atoms with Crippen molar-refractivity contribution < 1.29 is 14.2 Å². The molecule has 1 aromatic carbocycles. The second-order valence-electron chi connectivity index (χ2n) is 7.21. The van der Waals surface area contributed by atoms with E-state index in [4.69, 9.17) is 19.2 Å². The number of rotatable bonds is 10. The number of methoxy groups -OCH3 is 1. The third-order valence-corrected chi connectivity index (χ3v) is 5.94. The van der Waals surface area contributed by atoms with Gasteiger partial charge in [0, 0.05) is 51.0 Å². The largest absolute Gasteiger partial charge is 0.497 e. The zero-order chi connectivity index (χ0) is 21.0. The smallest absolute Gasteiger partial charge is 0.191 e. The molecule has 31 heavy (non-hydrogen) atoms. The van der Waals surface area contributed by atoms with Gasteiger partial charge in [0.15, 0.2) is 5.96 Å². The third-order valence-electron chi connectivity index (χ3n) is 5.00. The van der Waals surface area contributed by atoms with E-state index in [1.807, 2.05) is 24.3 Å². The Labute approximate surface area is 206 Å². The van der Waals surface area contributed by atoms with Gasteiger partial charge in [-0.3, -0.25) is 4.99 Å². The lowest BCUT2D eigenvalue weighted by Gasteiger charge is -2.21. The Balaban J connectivity index is 0.00000341. The first kappa shape index (κ1) is 25.8. The maximum absolute atomic E-state index is 5.80. The summed E-state index contributed by atoms with van der Waals surface area (Å²) in [4.78, 5) is 8.99. The van der Waals surface area contributed by atoms with Gasteiger partial charge in [-0.25, -0.2) is 4.98 Å². The molecule has 1 aliphatic rings. The van der Waals surface area contributed by atoms with Gasteiger partial charge < -0.3 is 24.8 Å². The molecule has 0 amide bonds. The van der Waals surface area contributed by atoms with Crippen LogP contribution in [0.4, 0.5) is 0 Å². The summed E-state index contributed by atoms with van der Waals surface area (Å²) in [5.74, 6) is 2.28. The van der Waals surface area contributed by atoms with Gasteiger partial charge in [-0.2, -0.15) is 0 Å². The lowest BCUT2D eigenvalue weighted by Crippen LogP contribution is -2.37. The monoisotopic (exact) mass is 560 g/mol. The molecular formula is C22H33IN4O3S. The molecule has 1 aromatic heterocycles. The molecule has 0 aliphatic carbocycles. The van der Waals surface area contributed by atoms with Crippen molar-refractivity contribution in [2.45, 2.75) is 25.8 Å². The van der Waals surface area contributed by atoms with Crippen molar-refractivity contribution >= 4 is 41.3 Å². The Morgan fingerprint density at radius 1 is 1.23 bits per heavy atom. The van der Waals surface area contributed by atoms with Gasteiger partial charge in [-0.05, 0) is 49.4 Å². The van der Waals surface area contributed by atoms with Crippen molar-refractivity contribution in [3.63, 3.8) is 0 Å². The lowest BCUT2D eigenvalue weighted by molar-refractivity contribution is 0.0203. The van der Waals surface area contributed by atoms with Crippen LogP contribution in [-0.4, -0.2) is 58.1 Å². The van der Waals surface area contributed by atoms with E-state index in [0.29, 0.717) is 12.5 Å². The molecule has 1 fully saturated rings. The molecule has 0 unspecified atom stereocenters. The Kier molecular flexibility index (Phi) is 12.2. The van der Waals surface area contributed by atoms with Crippen molar-refractivity contribution in [1.82, 2.24) is 15.6 Å². The van der Waals surface area contributed by atoms with Gasteiger partial charge >= 0.3 is 0 Å². The summed E-state index contributed by atoms with van der Waals surface area (Å²) in [6, 6.07) is 7.96. The average molecular weight is 561 g/mol. The van der Waals surface area contributed by atoms with Crippen molar-refractivity contribution in [1.29, 1.82) is 0 Å². The molecule has 3 rings (SSSR count). The van der Waals surface area contributed by atoms with Gasteiger partial charge in [0.05, 0.1) is 19.3 Å². The van der Waals surface area contributed by atoms with Gasteiger partial charge in [0.1, 0.15) is 10.8 Å². The number of hydrogen-bond acceptors (Lipinski definition) is 6. The summed E-state index contributed by atoms with van der Waals surface area (Å²) in [6.07, 6.45) is 3.18. The zero-order valence-electron chi connectivity index (χ0n) is 18.3. The van der Waals surface area contributed by atoms with Crippen LogP contribution in [0, 0.1) is 5.92 Å². The predicted molar refractivity (Wildman–Crippen MR) is 137 cm³/mol. The fraction of sp³-hybridized carbons (Fsp3) is 0.545. The number of aliphatic imine (C=N–C) groups is 1. The first-order chi connectivity index (χ1) is 14.8. The number of thiazole rings is 1. The van der Waals surface area contributed by atoms with E-state index in [1.165, 1.54) is 0 Å². The summed E-state index contributed by atoms with van der Waals surface area (Å²) in [5.41, 5.74) is 2.09. The van der Waals surface area contributed by atoms with E-state index in [9.17, 15) is 0 Å². The minimum atomic E-state index is 0. The van der Waals surface area contributed by atoms with Crippen LogP contribution >= 0.6 is 35.3 Å². The van der Waals surface area contributed by atoms with Gasteiger partial charge in [-0.1, -0.05) is 0 Å². The molecule has 1 aliphatic heterocycles. The highest BCUT2D eigenvalue weighted by molar-refractivity contribution is 14.0. The highest BCUT2D eigenvalue weighted by Gasteiger charge is 2.13. The van der Waals surface area contributed by atoms with Gasteiger partial charge in [0.2, 0.25) is 0 Å². The topological polar surface area (TPSA) is 77.0 Å². The molecule has 0 spiro atoms. The summed E-state index contributed by atoms with van der Waals surface area (Å²) in [6.45, 7) is 4.81. The normalized spacial score (nSPS) is 14.7. The molecule has 7 nitrogen and oxygen atoms in total. The summed E-state index contributed by atoms with van der Waals surface area (Å²) in [7, 11) is 3.45. The van der Waals surface area contributed by atoms with Crippen LogP contribution in [0.15, 0.2) is 34.6 Å². The SMILES string of the molecule is CN=C(NCCCOCC1CCOCC1)NCc1csc(-c2ccc(OC)cc2)n1.I. The fourth-order valence-electron chi connectivity index (χ4n) is 3.19. The first-order valence-corrected chi connectivity index (χ1v) is 11.4. The number of ether oxygens (including phenoxy) is 3. The van der Waals surface area contributed by atoms with Crippen LogP contribution in [0.5, 0.6) is 5.75 Å². The van der Waals surface area contributed by atoms with Crippen LogP contribution in [-0.2, 0) is 16.0 Å². The molecule has 2 aromatic rings. The summed E-state index contributed by atoms with van der Waals surface area (Å²) in [5, 5.41) is 9.72. The standard InChI is InChI=1S/C22H32N4O3S.HI/c1-23-22(24-10-3-11-29-15-17-8-12-28-13-9-17)25-14-19-16-30-21(26-19)18-4-6-20(27-2)7-5-18;/h4-7,16-17H,3,8-15H2,1-2H3,(H2,23,24,25);1H. The van der Waals surface area contributed by atoms with Crippen molar-refractivity contribution in [2.24, 2.45) is 10.9 Å². The molecular weight excluding hydrogens is 527 g/mol. The second kappa shape index (κ2) is 14.6. The van der Waals surface area contributed by atoms with E-state index in [0.717, 1.165) is 80.2 Å². The molecule has 0 saturated carbocycles. The molecule has 0 radical (unpaired) electrons. The fourth-order valence-corrected chi connectivity index (χ4v) is 4.02. The third kappa shape index (κ3) is 8.91. The summed E-state index contributed by atoms with van der Waals surface area (Å²) >= 11 is 1.64. The predicted octanol–water partition coefficient (Wildman–Crippen LogP) is 3.94. The lowest BCUT2D eigenvalue weighted by atomic mass is 10.0. The molecule has 1 saturated heterocycles. The number of hydrogen-bond donors (Lipinski definition) is 2. The number of nitrogens with zero attached hydrogens (tertiary/aromatic N) is 2. The van der Waals surface area contributed by atoms with Gasteiger partial charge in [0.25, 0.3) is 0 Å². The molecule has 2 N–H and O–H groups in total. The maximum atomic E-state index is 5.80. The van der Waals surface area contributed by atoms with E-state index >= 15 is 0 Å². The highest BCUT2D eigenvalue weighted by atomic mass is 127. The first-order valence-electron chi connectivity index (χ1n) is 10.5. The number of guanidine groups is 1. The van der Waals surface area contributed by atoms with Gasteiger partial charge in [-0.15, -0.1) is 35.3 Å². The molecule has 0 bridgehead atoms. The van der Waals surface area contributed by atoms with Crippen LogP contribution in [0.25, 0.3) is 10.6 Å². The minimum Gasteiger partial charge on any atom is -0.497 e. The van der Waals surface area contributed by atoms with E-state index < -0.39 is 0 Å². The Morgan fingerprint density at radius 2 is 2.00 bits per heavy atom. The second-order valence-corrected chi connectivity index (χ2v) is 8.07. The molecule has 9 heteroatoms. The molecule has 0 atom stereocenters. The Hall–Kier alpha value is -1.43. The summed E-state index contributed by atoms with van der Waals surface area (Å²) < 4.78 is 16.4. The van der Waals surface area contributed by atoms with E-state index in [-0.39, 0.29) is 24.0 Å². The molecule has 2 heterocycles. The van der Waals surface area contributed by atoms with Crippen LogP contribution < -0.4 is 15.4 Å². The average Bonchev–Trinajstić information content (AvgIpc) is 3.28. The van der Waals surface area contributed by atoms with Crippen molar-refractivity contribution in [2.75, 3.05) is 47.1 Å². The van der Waals surface area contributed by atoms with Crippen LogP contribution in [0.2, 0.25) is 0 Å². The minimum absolute atomic E-state index is 0. The van der Waals surface area contributed by atoms with Crippen molar-refractivity contribution in [3.8, 4) is 16.3 Å². The number of halogens is 1. The van der Waals surface area contributed by atoms with E-state index in [1.54, 1.807) is 25.5 Å². The highest BCUT2D eigenvalue weighted by Crippen LogP contribution is 2.25. The van der Waals surface area contributed by atoms with Crippen LogP contribution in [0.1, 0.15) is 25.0 Å². The maximum Gasteiger partial charge on any atom is 0.191 e. The van der Waals surface area contributed by atoms with E-state index in [2.05, 4.69) is 21.0 Å².